The second kappa shape index (κ2) is 8.98. The van der Waals surface area contributed by atoms with E-state index < -0.39 is 23.0 Å². The van der Waals surface area contributed by atoms with Crippen LogP contribution in [0.3, 0.4) is 0 Å². The zero-order valence-electron chi connectivity index (χ0n) is 13.1. The number of esters is 1. The van der Waals surface area contributed by atoms with Crippen LogP contribution in [0.1, 0.15) is 12.5 Å². The molecule has 0 heterocycles. The highest BCUT2D eigenvalue weighted by Gasteiger charge is 2.28. The van der Waals surface area contributed by atoms with E-state index in [9.17, 15) is 13.8 Å². The summed E-state index contributed by atoms with van der Waals surface area (Å²) in [5.41, 5.74) is 0.843. The van der Waals surface area contributed by atoms with Crippen LogP contribution < -0.4 is 9.61 Å². The molecule has 2 aromatic rings. The fourth-order valence-corrected chi connectivity index (χ4v) is 5.02. The SMILES string of the molecule is C[C@H](NP(=O)(I)Oc1ccc(F)cc1Cl)C(=O)OCc1ccccc1. The fourth-order valence-electron chi connectivity index (χ4n) is 1.84. The average molecular weight is 498 g/mol. The van der Waals surface area contributed by atoms with Gasteiger partial charge in [-0.05, 0) is 30.7 Å². The van der Waals surface area contributed by atoms with Crippen molar-refractivity contribution in [3.05, 3.63) is 64.9 Å². The van der Waals surface area contributed by atoms with Gasteiger partial charge in [0.2, 0.25) is 0 Å². The zero-order chi connectivity index (χ0) is 18.4. The lowest BCUT2D eigenvalue weighted by Gasteiger charge is -2.19. The van der Waals surface area contributed by atoms with Gasteiger partial charge in [0.25, 0.3) is 0 Å². The van der Waals surface area contributed by atoms with Crippen LogP contribution >= 0.6 is 38.8 Å². The summed E-state index contributed by atoms with van der Waals surface area (Å²) >= 11 is 7.40. The molecule has 1 unspecified atom stereocenters. The highest BCUT2D eigenvalue weighted by atomic mass is 127. The molecule has 5 nitrogen and oxygen atoms in total. The monoisotopic (exact) mass is 497 g/mol. The smallest absolute Gasteiger partial charge is 0.374 e. The Bertz CT molecular complexity index is 793. The number of benzene rings is 2. The van der Waals surface area contributed by atoms with Gasteiger partial charge in [-0.1, -0.05) is 41.9 Å². The Morgan fingerprint density at radius 1 is 1.32 bits per heavy atom. The lowest BCUT2D eigenvalue weighted by molar-refractivity contribution is -0.146. The second-order valence-corrected chi connectivity index (χ2v) is 10.7. The molecule has 0 aliphatic carbocycles. The standard InChI is InChI=1S/C16H15ClFINO4P/c1-11(16(21)23-10-12-5-3-2-4-6-12)20-25(19,22)24-15-8-7-13(18)9-14(15)17/h2-9,11H,10H2,1H3,(H,20,22)/t11-,25?/m0/s1. The van der Waals surface area contributed by atoms with Crippen LogP contribution in [-0.2, 0) is 20.7 Å². The third-order valence-corrected chi connectivity index (χ3v) is 5.88. The number of carbonyl (C=O) groups excluding carboxylic acids is 1. The van der Waals surface area contributed by atoms with E-state index in [4.69, 9.17) is 20.9 Å². The molecule has 0 bridgehead atoms. The molecule has 25 heavy (non-hydrogen) atoms. The van der Waals surface area contributed by atoms with E-state index in [1.54, 1.807) is 22.0 Å². The van der Waals surface area contributed by atoms with Gasteiger partial charge in [0.1, 0.15) is 24.2 Å². The van der Waals surface area contributed by atoms with Crippen molar-refractivity contribution < 1.29 is 23.0 Å². The van der Waals surface area contributed by atoms with Crippen LogP contribution in [0.25, 0.3) is 0 Å². The number of hydrogen-bond acceptors (Lipinski definition) is 4. The number of halogens is 3. The number of hydrogen-bond donors (Lipinski definition) is 1. The van der Waals surface area contributed by atoms with Crippen molar-refractivity contribution >= 4 is 44.8 Å². The van der Waals surface area contributed by atoms with Gasteiger partial charge in [0.05, 0.1) is 27.1 Å². The predicted molar refractivity (Wildman–Crippen MR) is 103 cm³/mol. The Balaban J connectivity index is 1.92. The van der Waals surface area contributed by atoms with E-state index in [1.807, 2.05) is 30.3 Å². The summed E-state index contributed by atoms with van der Waals surface area (Å²) in [6, 6.07) is 11.8. The van der Waals surface area contributed by atoms with Crippen molar-refractivity contribution in [2.75, 3.05) is 0 Å². The summed E-state index contributed by atoms with van der Waals surface area (Å²) in [6.07, 6.45) is 0. The van der Waals surface area contributed by atoms with Gasteiger partial charge in [0.15, 0.2) is 0 Å². The molecule has 2 aromatic carbocycles. The Morgan fingerprint density at radius 3 is 2.64 bits per heavy atom. The van der Waals surface area contributed by atoms with Gasteiger partial charge < -0.3 is 9.26 Å². The number of ether oxygens (including phenoxy) is 1. The summed E-state index contributed by atoms with van der Waals surface area (Å²) in [4.78, 5) is 12.0. The van der Waals surface area contributed by atoms with E-state index in [2.05, 4.69) is 5.09 Å². The number of carbonyl (C=O) groups is 1. The molecular weight excluding hydrogens is 483 g/mol. The van der Waals surface area contributed by atoms with Crippen LogP contribution in [0.15, 0.2) is 48.5 Å². The third kappa shape index (κ3) is 6.58. The molecule has 134 valence electrons. The molecule has 0 amide bonds. The summed E-state index contributed by atoms with van der Waals surface area (Å²) in [7, 11) is 0. The summed E-state index contributed by atoms with van der Waals surface area (Å²) < 4.78 is 36.0. The highest BCUT2D eigenvalue weighted by Crippen LogP contribution is 2.53. The highest BCUT2D eigenvalue weighted by molar-refractivity contribution is 14.2. The maximum atomic E-state index is 13.0. The van der Waals surface area contributed by atoms with Gasteiger partial charge in [-0.15, -0.1) is 0 Å². The Kier molecular flexibility index (Phi) is 7.25. The second-order valence-electron chi connectivity index (χ2n) is 5.09. The molecule has 2 atom stereocenters. The number of nitrogens with one attached hydrogen (secondary N) is 1. The minimum atomic E-state index is -3.45. The molecule has 0 saturated heterocycles. The maximum Gasteiger partial charge on any atom is 0.374 e. The molecule has 9 heteroatoms. The van der Waals surface area contributed by atoms with Crippen LogP contribution in [0, 0.1) is 5.82 Å². The normalized spacial score (nSPS) is 14.4. The Morgan fingerprint density at radius 2 is 2.00 bits per heavy atom. The van der Waals surface area contributed by atoms with Gasteiger partial charge in [-0.3, -0.25) is 4.79 Å². The first-order valence-corrected chi connectivity index (χ1v) is 12.0. The van der Waals surface area contributed by atoms with Gasteiger partial charge in [-0.2, -0.15) is 0 Å². The minimum absolute atomic E-state index is 0.0157. The molecule has 0 aromatic heterocycles. The first-order valence-electron chi connectivity index (χ1n) is 7.19. The van der Waals surface area contributed by atoms with E-state index in [1.165, 1.54) is 13.0 Å². The lowest BCUT2D eigenvalue weighted by Crippen LogP contribution is -2.33. The van der Waals surface area contributed by atoms with Crippen molar-refractivity contribution in [1.29, 1.82) is 0 Å². The minimum Gasteiger partial charge on any atom is -0.460 e. The molecule has 0 saturated carbocycles. The first-order chi connectivity index (χ1) is 11.8. The summed E-state index contributed by atoms with van der Waals surface area (Å²) in [5, 5.41) is -0.890. The molecule has 0 spiro atoms. The predicted octanol–water partition coefficient (Wildman–Crippen LogP) is 5.12. The van der Waals surface area contributed by atoms with Crippen LogP contribution in [-0.4, -0.2) is 12.0 Å². The quantitative estimate of drug-likeness (QED) is 0.327. The fraction of sp³-hybridized carbons (Fsp3) is 0.188. The molecule has 2 rings (SSSR count). The zero-order valence-corrected chi connectivity index (χ0v) is 16.9. The van der Waals surface area contributed by atoms with E-state index in [0.29, 0.717) is 0 Å². The van der Waals surface area contributed by atoms with Gasteiger partial charge >= 0.3 is 11.1 Å². The van der Waals surface area contributed by atoms with Gasteiger partial charge in [0, 0.05) is 0 Å². The van der Waals surface area contributed by atoms with E-state index in [0.717, 1.165) is 17.7 Å². The number of rotatable bonds is 7. The van der Waals surface area contributed by atoms with Crippen molar-refractivity contribution in [2.24, 2.45) is 0 Å². The van der Waals surface area contributed by atoms with Crippen molar-refractivity contribution in [3.8, 4) is 5.75 Å². The Labute approximate surface area is 162 Å². The maximum absolute atomic E-state index is 13.0. The van der Waals surface area contributed by atoms with E-state index >= 15 is 0 Å². The van der Waals surface area contributed by atoms with Gasteiger partial charge in [-0.25, -0.2) is 14.0 Å². The first kappa shape index (κ1) is 20.2. The molecule has 0 aliphatic rings. The third-order valence-electron chi connectivity index (χ3n) is 3.04. The average Bonchev–Trinajstić information content (AvgIpc) is 2.55. The summed E-state index contributed by atoms with van der Waals surface area (Å²) in [6.45, 7) is 1.62. The molecule has 0 fully saturated rings. The van der Waals surface area contributed by atoms with Crippen molar-refractivity contribution in [3.63, 3.8) is 0 Å². The van der Waals surface area contributed by atoms with Crippen LogP contribution in [0.5, 0.6) is 5.75 Å². The van der Waals surface area contributed by atoms with E-state index in [-0.39, 0.29) is 17.4 Å². The lowest BCUT2D eigenvalue weighted by atomic mass is 10.2. The largest absolute Gasteiger partial charge is 0.460 e. The topological polar surface area (TPSA) is 64.6 Å². The Hall–Kier alpha value is -1.15. The summed E-state index contributed by atoms with van der Waals surface area (Å²) in [5.74, 6) is -1.06. The molecule has 1 N–H and O–H groups in total. The molecule has 0 radical (unpaired) electrons. The molecular formula is C16H15ClFINO4P. The van der Waals surface area contributed by atoms with Crippen LogP contribution in [0.2, 0.25) is 5.02 Å². The molecule has 0 aliphatic heterocycles. The van der Waals surface area contributed by atoms with Crippen LogP contribution in [0.4, 0.5) is 4.39 Å². The van der Waals surface area contributed by atoms with Crippen molar-refractivity contribution in [1.82, 2.24) is 5.09 Å². The van der Waals surface area contributed by atoms with Crippen molar-refractivity contribution in [2.45, 2.75) is 19.6 Å².